The number of aliphatic carboxylic acids is 1. The summed E-state index contributed by atoms with van der Waals surface area (Å²) in [5.41, 5.74) is 0.732. The maximum absolute atomic E-state index is 12.9. The fourth-order valence-corrected chi connectivity index (χ4v) is 5.36. The van der Waals surface area contributed by atoms with E-state index < -0.39 is 12.6 Å². The lowest BCUT2D eigenvalue weighted by molar-refractivity contribution is -0.139. The molecule has 1 N–H and O–H groups in total. The summed E-state index contributed by atoms with van der Waals surface area (Å²) >= 11 is 10.2. The van der Waals surface area contributed by atoms with Gasteiger partial charge in [-0.1, -0.05) is 43.2 Å². The molecule has 1 heterocycles. The van der Waals surface area contributed by atoms with Crippen LogP contribution < -0.4 is 9.47 Å². The van der Waals surface area contributed by atoms with Gasteiger partial charge < -0.3 is 14.6 Å². The van der Waals surface area contributed by atoms with Crippen molar-refractivity contribution >= 4 is 62.2 Å². The Balaban J connectivity index is 1.84. The fourth-order valence-electron chi connectivity index (χ4n) is 3.38. The summed E-state index contributed by atoms with van der Waals surface area (Å²) in [6.45, 7) is -0.478. The summed E-state index contributed by atoms with van der Waals surface area (Å²) in [4.78, 5) is 26.0. The molecular formula is C19H20BrNO5S2. The summed E-state index contributed by atoms with van der Waals surface area (Å²) in [7, 11) is 1.47. The number of carbonyl (C=O) groups excluding carboxylic acids is 1. The molecule has 1 saturated carbocycles. The number of ether oxygens (including phenoxy) is 2. The molecule has 9 heteroatoms. The first-order valence-electron chi connectivity index (χ1n) is 8.90. The van der Waals surface area contributed by atoms with E-state index in [1.165, 1.54) is 25.3 Å². The van der Waals surface area contributed by atoms with Gasteiger partial charge in [-0.05, 0) is 52.5 Å². The molecule has 150 valence electrons. The second-order valence-corrected chi connectivity index (χ2v) is 9.09. The average molecular weight is 486 g/mol. The van der Waals surface area contributed by atoms with Crippen LogP contribution in [0.25, 0.3) is 6.08 Å². The van der Waals surface area contributed by atoms with Crippen LogP contribution in [0.2, 0.25) is 0 Å². The second kappa shape index (κ2) is 9.28. The highest BCUT2D eigenvalue weighted by Crippen LogP contribution is 2.40. The maximum Gasteiger partial charge on any atom is 0.341 e. The van der Waals surface area contributed by atoms with Crippen LogP contribution in [-0.4, -0.2) is 46.0 Å². The zero-order valence-corrected chi connectivity index (χ0v) is 18.5. The number of hydrogen-bond donors (Lipinski definition) is 1. The lowest BCUT2D eigenvalue weighted by Gasteiger charge is -2.29. The topological polar surface area (TPSA) is 76.1 Å². The molecule has 0 aromatic heterocycles. The molecule has 28 heavy (non-hydrogen) atoms. The number of carboxylic acid groups (broad SMARTS) is 1. The normalized spacial score (nSPS) is 19.4. The standard InChI is InChI=1S/C19H20BrNO5S2/c1-25-14-8-11(7-13(20)17(14)26-10-16(22)23)9-15-18(24)21(19(27)28-15)12-5-3-2-4-6-12/h7-9,12H,2-6,10H2,1H3,(H,22,23)/b15-9+. The summed E-state index contributed by atoms with van der Waals surface area (Å²) in [5, 5.41) is 8.81. The molecule has 2 aliphatic rings. The molecule has 1 saturated heterocycles. The third kappa shape index (κ3) is 4.69. The highest BCUT2D eigenvalue weighted by atomic mass is 79.9. The lowest BCUT2D eigenvalue weighted by Crippen LogP contribution is -2.39. The number of nitrogens with zero attached hydrogens (tertiary/aromatic N) is 1. The first-order chi connectivity index (χ1) is 13.4. The zero-order chi connectivity index (χ0) is 20.3. The van der Waals surface area contributed by atoms with E-state index in [4.69, 9.17) is 26.8 Å². The van der Waals surface area contributed by atoms with Gasteiger partial charge in [0.05, 0.1) is 16.5 Å². The van der Waals surface area contributed by atoms with Gasteiger partial charge in [-0.2, -0.15) is 0 Å². The maximum atomic E-state index is 12.9. The molecule has 0 bridgehead atoms. The molecule has 0 radical (unpaired) electrons. The van der Waals surface area contributed by atoms with Crippen molar-refractivity contribution in [2.45, 2.75) is 38.1 Å². The highest BCUT2D eigenvalue weighted by molar-refractivity contribution is 9.10. The number of carboxylic acids is 1. The van der Waals surface area contributed by atoms with Gasteiger partial charge in [-0.15, -0.1) is 0 Å². The number of amides is 1. The summed E-state index contributed by atoms with van der Waals surface area (Å²) in [5.74, 6) is -0.450. The van der Waals surface area contributed by atoms with E-state index in [0.29, 0.717) is 25.2 Å². The van der Waals surface area contributed by atoms with Crippen LogP contribution in [0.5, 0.6) is 11.5 Å². The monoisotopic (exact) mass is 485 g/mol. The Kier molecular flexibility index (Phi) is 7.00. The quantitative estimate of drug-likeness (QED) is 0.470. The van der Waals surface area contributed by atoms with Crippen molar-refractivity contribution in [3.05, 3.63) is 27.1 Å². The Labute approximate surface area is 181 Å². The van der Waals surface area contributed by atoms with E-state index in [2.05, 4.69) is 15.9 Å². The number of thiocarbonyl (C=S) groups is 1. The van der Waals surface area contributed by atoms with Crippen molar-refractivity contribution in [3.63, 3.8) is 0 Å². The molecule has 1 aliphatic carbocycles. The van der Waals surface area contributed by atoms with Crippen molar-refractivity contribution in [3.8, 4) is 11.5 Å². The van der Waals surface area contributed by atoms with Crippen LogP contribution in [-0.2, 0) is 9.59 Å². The molecule has 6 nitrogen and oxygen atoms in total. The van der Waals surface area contributed by atoms with E-state index in [1.54, 1.807) is 23.1 Å². The molecule has 1 aromatic rings. The first kappa shape index (κ1) is 21.1. The van der Waals surface area contributed by atoms with Crippen molar-refractivity contribution in [2.75, 3.05) is 13.7 Å². The third-order valence-corrected chi connectivity index (χ3v) is 6.57. The van der Waals surface area contributed by atoms with Gasteiger partial charge in [-0.25, -0.2) is 4.79 Å². The highest BCUT2D eigenvalue weighted by Gasteiger charge is 2.37. The Bertz CT molecular complexity index is 836. The molecule has 0 spiro atoms. The Morgan fingerprint density at radius 1 is 1.39 bits per heavy atom. The van der Waals surface area contributed by atoms with Crippen molar-refractivity contribution in [2.24, 2.45) is 0 Å². The minimum absolute atomic E-state index is 0.0526. The molecule has 2 fully saturated rings. The predicted octanol–water partition coefficient (Wildman–Crippen LogP) is 4.46. The summed E-state index contributed by atoms with van der Waals surface area (Å²) in [6, 6.07) is 3.65. The Morgan fingerprint density at radius 2 is 2.11 bits per heavy atom. The summed E-state index contributed by atoms with van der Waals surface area (Å²) < 4.78 is 11.8. The Hall–Kier alpha value is -1.58. The number of thioether (sulfide) groups is 1. The van der Waals surface area contributed by atoms with Crippen molar-refractivity contribution in [1.82, 2.24) is 4.90 Å². The molecule has 1 amide bonds. The Morgan fingerprint density at radius 3 is 2.75 bits per heavy atom. The number of hydrogen-bond acceptors (Lipinski definition) is 6. The fraction of sp³-hybridized carbons (Fsp3) is 0.421. The van der Waals surface area contributed by atoms with Gasteiger partial charge in [-0.3, -0.25) is 9.69 Å². The average Bonchev–Trinajstić information content (AvgIpc) is 2.94. The molecule has 0 unspecified atom stereocenters. The van der Waals surface area contributed by atoms with E-state index in [-0.39, 0.29) is 11.9 Å². The predicted molar refractivity (Wildman–Crippen MR) is 116 cm³/mol. The smallest absolute Gasteiger partial charge is 0.341 e. The van der Waals surface area contributed by atoms with Crippen molar-refractivity contribution < 1.29 is 24.2 Å². The molecule has 3 rings (SSSR count). The van der Waals surface area contributed by atoms with Crippen LogP contribution in [0.15, 0.2) is 21.5 Å². The molecule has 0 atom stereocenters. The second-order valence-electron chi connectivity index (χ2n) is 6.56. The van der Waals surface area contributed by atoms with Gasteiger partial charge in [0.15, 0.2) is 18.1 Å². The van der Waals surface area contributed by atoms with Crippen LogP contribution in [0.4, 0.5) is 0 Å². The largest absolute Gasteiger partial charge is 0.493 e. The minimum atomic E-state index is -1.08. The van der Waals surface area contributed by atoms with E-state index >= 15 is 0 Å². The van der Waals surface area contributed by atoms with Gasteiger partial charge in [0.25, 0.3) is 5.91 Å². The molecule has 1 aliphatic heterocycles. The SMILES string of the molecule is COc1cc(/C=C2/SC(=S)N(C3CCCCC3)C2=O)cc(Br)c1OCC(=O)O. The number of carbonyl (C=O) groups is 2. The van der Waals surface area contributed by atoms with Crippen LogP contribution >= 0.6 is 39.9 Å². The van der Waals surface area contributed by atoms with Crippen LogP contribution in [0, 0.1) is 0 Å². The van der Waals surface area contributed by atoms with E-state index in [0.717, 1.165) is 31.2 Å². The molecular weight excluding hydrogens is 466 g/mol. The first-order valence-corrected chi connectivity index (χ1v) is 10.9. The van der Waals surface area contributed by atoms with E-state index in [1.807, 2.05) is 0 Å². The number of methoxy groups -OCH3 is 1. The zero-order valence-electron chi connectivity index (χ0n) is 15.3. The third-order valence-electron chi connectivity index (χ3n) is 4.65. The van der Waals surface area contributed by atoms with Crippen LogP contribution in [0.3, 0.4) is 0 Å². The number of benzene rings is 1. The molecule has 1 aromatic carbocycles. The van der Waals surface area contributed by atoms with Gasteiger partial charge >= 0.3 is 5.97 Å². The summed E-state index contributed by atoms with van der Waals surface area (Å²) in [6.07, 6.45) is 7.23. The number of halogens is 1. The lowest BCUT2D eigenvalue weighted by atomic mass is 9.94. The van der Waals surface area contributed by atoms with Crippen LogP contribution in [0.1, 0.15) is 37.7 Å². The minimum Gasteiger partial charge on any atom is -0.493 e. The van der Waals surface area contributed by atoms with Crippen molar-refractivity contribution in [1.29, 1.82) is 0 Å². The van der Waals surface area contributed by atoms with E-state index in [9.17, 15) is 9.59 Å². The van der Waals surface area contributed by atoms with Gasteiger partial charge in [0.1, 0.15) is 4.32 Å². The van der Waals surface area contributed by atoms with Gasteiger partial charge in [0.2, 0.25) is 0 Å². The number of rotatable bonds is 6. The van der Waals surface area contributed by atoms with Gasteiger partial charge in [0, 0.05) is 6.04 Å².